The normalized spacial score (nSPS) is 18.6. The number of nitrogens with zero attached hydrogens (tertiary/aromatic N) is 1. The van der Waals surface area contributed by atoms with Crippen molar-refractivity contribution in [1.82, 2.24) is 10.2 Å². The van der Waals surface area contributed by atoms with Gasteiger partial charge in [0.15, 0.2) is 0 Å². The summed E-state index contributed by atoms with van der Waals surface area (Å²) >= 11 is 1.72. The molecule has 0 bridgehead atoms. The molecule has 0 aromatic heterocycles. The van der Waals surface area contributed by atoms with Gasteiger partial charge in [-0.3, -0.25) is 4.79 Å². The van der Waals surface area contributed by atoms with Crippen LogP contribution >= 0.6 is 11.8 Å². The van der Waals surface area contributed by atoms with E-state index < -0.39 is 0 Å². The first kappa shape index (κ1) is 16.2. The van der Waals surface area contributed by atoms with Gasteiger partial charge in [-0.2, -0.15) is 11.8 Å². The Kier molecular flexibility index (Phi) is 6.39. The van der Waals surface area contributed by atoms with Crippen molar-refractivity contribution in [2.24, 2.45) is 0 Å². The molecule has 1 amide bonds. The summed E-state index contributed by atoms with van der Waals surface area (Å²) in [6.45, 7) is 4.54. The van der Waals surface area contributed by atoms with E-state index in [4.69, 9.17) is 4.74 Å². The summed E-state index contributed by atoms with van der Waals surface area (Å²) < 4.78 is 5.45. The van der Waals surface area contributed by atoms with Gasteiger partial charge in [0.05, 0.1) is 18.9 Å². The molecule has 0 spiro atoms. The molecule has 1 atom stereocenters. The van der Waals surface area contributed by atoms with Crippen molar-refractivity contribution in [3.8, 4) is 5.75 Å². The van der Waals surface area contributed by atoms with E-state index in [1.54, 1.807) is 18.9 Å². The maximum Gasteiger partial charge on any atom is 0.233 e. The minimum atomic E-state index is 0.0598. The van der Waals surface area contributed by atoms with Crippen LogP contribution in [0.15, 0.2) is 24.3 Å². The SMILES string of the molecule is CCCSCC(=O)N1CCNCC1c1ccccc1OC. The number of benzene rings is 1. The Morgan fingerprint density at radius 2 is 2.29 bits per heavy atom. The number of thioether (sulfide) groups is 1. The van der Waals surface area contributed by atoms with E-state index in [0.717, 1.165) is 43.1 Å². The predicted octanol–water partition coefficient (Wildman–Crippen LogP) is 2.31. The quantitative estimate of drug-likeness (QED) is 0.819. The van der Waals surface area contributed by atoms with Gasteiger partial charge in [0.2, 0.25) is 5.91 Å². The first-order chi connectivity index (χ1) is 10.3. The number of methoxy groups -OCH3 is 1. The second kappa shape index (κ2) is 8.29. The fourth-order valence-corrected chi connectivity index (χ4v) is 3.38. The Labute approximate surface area is 131 Å². The zero-order valence-corrected chi connectivity index (χ0v) is 13.6. The lowest BCUT2D eigenvalue weighted by atomic mass is 10.0. The Balaban J connectivity index is 2.13. The van der Waals surface area contributed by atoms with E-state index in [2.05, 4.69) is 18.3 Å². The highest BCUT2D eigenvalue weighted by Gasteiger charge is 2.29. The molecule has 1 heterocycles. The highest BCUT2D eigenvalue weighted by Crippen LogP contribution is 2.30. The van der Waals surface area contributed by atoms with Crippen LogP contribution in [-0.4, -0.2) is 49.1 Å². The average molecular weight is 308 g/mol. The van der Waals surface area contributed by atoms with Crippen LogP contribution in [0.4, 0.5) is 0 Å². The number of rotatable bonds is 6. The van der Waals surface area contributed by atoms with Crippen LogP contribution in [0.3, 0.4) is 0 Å². The minimum Gasteiger partial charge on any atom is -0.496 e. The van der Waals surface area contributed by atoms with Crippen molar-refractivity contribution in [1.29, 1.82) is 0 Å². The van der Waals surface area contributed by atoms with Crippen molar-refractivity contribution in [2.45, 2.75) is 19.4 Å². The molecule has 0 aliphatic carbocycles. The third kappa shape index (κ3) is 4.14. The topological polar surface area (TPSA) is 41.6 Å². The minimum absolute atomic E-state index is 0.0598. The van der Waals surface area contributed by atoms with E-state index in [1.807, 2.05) is 23.1 Å². The summed E-state index contributed by atoms with van der Waals surface area (Å²) in [6, 6.07) is 8.03. The maximum absolute atomic E-state index is 12.5. The van der Waals surface area contributed by atoms with Crippen LogP contribution in [0.2, 0.25) is 0 Å². The number of hydrogen-bond acceptors (Lipinski definition) is 4. The van der Waals surface area contributed by atoms with Gasteiger partial charge in [0.25, 0.3) is 0 Å². The predicted molar refractivity (Wildman–Crippen MR) is 87.9 cm³/mol. The van der Waals surface area contributed by atoms with Crippen molar-refractivity contribution in [3.05, 3.63) is 29.8 Å². The Morgan fingerprint density at radius 1 is 1.48 bits per heavy atom. The van der Waals surface area contributed by atoms with Gasteiger partial charge >= 0.3 is 0 Å². The van der Waals surface area contributed by atoms with Crippen molar-refractivity contribution in [3.63, 3.8) is 0 Å². The summed E-state index contributed by atoms with van der Waals surface area (Å²) in [4.78, 5) is 14.5. The highest BCUT2D eigenvalue weighted by molar-refractivity contribution is 7.99. The number of nitrogens with one attached hydrogen (secondary N) is 1. The molecule has 21 heavy (non-hydrogen) atoms. The molecule has 4 nitrogen and oxygen atoms in total. The van der Waals surface area contributed by atoms with Gasteiger partial charge in [-0.05, 0) is 18.2 Å². The molecule has 1 fully saturated rings. The number of para-hydroxylation sites is 1. The second-order valence-corrected chi connectivity index (χ2v) is 6.21. The molecule has 5 heteroatoms. The first-order valence-corrected chi connectivity index (χ1v) is 8.64. The molecule has 1 aromatic carbocycles. The second-order valence-electron chi connectivity index (χ2n) is 5.10. The summed E-state index contributed by atoms with van der Waals surface area (Å²) in [5.74, 6) is 2.69. The number of carbonyl (C=O) groups excluding carboxylic acids is 1. The van der Waals surface area contributed by atoms with Gasteiger partial charge in [-0.1, -0.05) is 25.1 Å². The number of ether oxygens (including phenoxy) is 1. The zero-order chi connectivity index (χ0) is 15.1. The fourth-order valence-electron chi connectivity index (χ4n) is 2.61. The third-order valence-corrected chi connectivity index (χ3v) is 4.78. The molecule has 1 aliphatic heterocycles. The highest BCUT2D eigenvalue weighted by atomic mass is 32.2. The smallest absolute Gasteiger partial charge is 0.233 e. The molecule has 0 radical (unpaired) electrons. The first-order valence-electron chi connectivity index (χ1n) is 7.48. The molecule has 1 aromatic rings. The number of hydrogen-bond donors (Lipinski definition) is 1. The van der Waals surface area contributed by atoms with Crippen LogP contribution < -0.4 is 10.1 Å². The van der Waals surface area contributed by atoms with Gasteiger partial charge in [-0.25, -0.2) is 0 Å². The number of piperazine rings is 1. The Bertz CT molecular complexity index is 467. The Hall–Kier alpha value is -1.20. The van der Waals surface area contributed by atoms with Gasteiger partial charge < -0.3 is 15.0 Å². The van der Waals surface area contributed by atoms with Gasteiger partial charge in [0, 0.05) is 25.2 Å². The lowest BCUT2D eigenvalue weighted by Crippen LogP contribution is -2.49. The standard InChI is InChI=1S/C16H24N2O2S/c1-3-10-21-12-16(19)18-9-8-17-11-14(18)13-6-4-5-7-15(13)20-2/h4-7,14,17H,3,8-12H2,1-2H3. The number of amides is 1. The van der Waals surface area contributed by atoms with Crippen molar-refractivity contribution < 1.29 is 9.53 Å². The molecule has 1 aliphatic rings. The summed E-state index contributed by atoms with van der Waals surface area (Å²) in [5.41, 5.74) is 1.08. The van der Waals surface area contributed by atoms with Crippen LogP contribution in [0.1, 0.15) is 24.9 Å². The molecule has 1 saturated heterocycles. The third-order valence-electron chi connectivity index (χ3n) is 3.64. The molecular formula is C16H24N2O2S. The monoisotopic (exact) mass is 308 g/mol. The van der Waals surface area contributed by atoms with Crippen LogP contribution in [-0.2, 0) is 4.79 Å². The molecule has 1 N–H and O–H groups in total. The molecule has 2 rings (SSSR count). The van der Waals surface area contributed by atoms with Gasteiger partial charge in [-0.15, -0.1) is 0 Å². The molecular weight excluding hydrogens is 284 g/mol. The maximum atomic E-state index is 12.5. The van der Waals surface area contributed by atoms with Gasteiger partial charge in [0.1, 0.15) is 5.75 Å². The van der Waals surface area contributed by atoms with E-state index in [1.165, 1.54) is 0 Å². The Morgan fingerprint density at radius 3 is 3.05 bits per heavy atom. The summed E-state index contributed by atoms with van der Waals surface area (Å²) in [7, 11) is 1.68. The van der Waals surface area contributed by atoms with Crippen molar-refractivity contribution >= 4 is 17.7 Å². The lowest BCUT2D eigenvalue weighted by molar-refractivity contribution is -0.131. The molecule has 1 unspecified atom stereocenters. The molecule has 116 valence electrons. The largest absolute Gasteiger partial charge is 0.496 e. The average Bonchev–Trinajstić information content (AvgIpc) is 2.55. The lowest BCUT2D eigenvalue weighted by Gasteiger charge is -2.37. The van der Waals surface area contributed by atoms with E-state index in [-0.39, 0.29) is 11.9 Å². The van der Waals surface area contributed by atoms with Crippen LogP contribution in [0.5, 0.6) is 5.75 Å². The van der Waals surface area contributed by atoms with Crippen LogP contribution in [0, 0.1) is 0 Å². The van der Waals surface area contributed by atoms with E-state index in [0.29, 0.717) is 5.75 Å². The van der Waals surface area contributed by atoms with Crippen molar-refractivity contribution in [2.75, 3.05) is 38.2 Å². The fraction of sp³-hybridized carbons (Fsp3) is 0.562. The molecule has 0 saturated carbocycles. The van der Waals surface area contributed by atoms with E-state index in [9.17, 15) is 4.79 Å². The summed E-state index contributed by atoms with van der Waals surface area (Å²) in [5, 5.41) is 3.38. The summed E-state index contributed by atoms with van der Waals surface area (Å²) in [6.07, 6.45) is 1.11. The van der Waals surface area contributed by atoms with E-state index >= 15 is 0 Å². The zero-order valence-electron chi connectivity index (χ0n) is 12.8. The number of carbonyl (C=O) groups is 1. The van der Waals surface area contributed by atoms with Crippen LogP contribution in [0.25, 0.3) is 0 Å².